The van der Waals surface area contributed by atoms with E-state index in [0.717, 1.165) is 23.0 Å². The molecule has 9 heteroatoms. The predicted octanol–water partition coefficient (Wildman–Crippen LogP) is 3.07. The molecule has 28 heavy (non-hydrogen) atoms. The van der Waals surface area contributed by atoms with Gasteiger partial charge in [-0.1, -0.05) is 12.1 Å². The molecule has 1 heterocycles. The van der Waals surface area contributed by atoms with Crippen LogP contribution in [0.1, 0.15) is 17.3 Å². The third kappa shape index (κ3) is 4.49. The average molecular weight is 387 g/mol. The van der Waals surface area contributed by atoms with Gasteiger partial charge in [0.2, 0.25) is 5.96 Å². The molecule has 3 N–H and O–H groups in total. The van der Waals surface area contributed by atoms with Gasteiger partial charge in [-0.3, -0.25) is 9.89 Å². The summed E-state index contributed by atoms with van der Waals surface area (Å²) in [5, 5.41) is 13.8. The number of nitrogens with one attached hydrogen (secondary N) is 3. The van der Waals surface area contributed by atoms with Crippen LogP contribution in [0.2, 0.25) is 0 Å². The van der Waals surface area contributed by atoms with Crippen LogP contribution in [0.15, 0.2) is 47.5 Å². The molecule has 0 aliphatic heterocycles. The van der Waals surface area contributed by atoms with Crippen LogP contribution >= 0.6 is 0 Å². The number of ether oxygens (including phenoxy) is 1. The third-order valence-corrected chi connectivity index (χ3v) is 3.88. The Balaban J connectivity index is 1.90. The summed E-state index contributed by atoms with van der Waals surface area (Å²) in [7, 11) is 1.55. The van der Waals surface area contributed by atoms with Crippen molar-refractivity contribution in [2.75, 3.05) is 19.0 Å². The lowest BCUT2D eigenvalue weighted by Gasteiger charge is -2.16. The first-order chi connectivity index (χ1) is 13.5. The van der Waals surface area contributed by atoms with Gasteiger partial charge in [-0.25, -0.2) is 8.78 Å². The molecule has 0 aliphatic rings. The number of H-pyrrole nitrogens is 1. The maximum Gasteiger partial charge on any atom is 0.280 e. The van der Waals surface area contributed by atoms with Gasteiger partial charge in [0, 0.05) is 24.1 Å². The zero-order chi connectivity index (χ0) is 20.1. The second-order valence-corrected chi connectivity index (χ2v) is 6.14. The number of fused-ring (bicyclic) bond motifs is 1. The Morgan fingerprint density at radius 1 is 1.25 bits per heavy atom. The number of aromatic amines is 1. The maximum atomic E-state index is 13.4. The fraction of sp³-hybridized carbons (Fsp3) is 0.211. The molecule has 1 aromatic heterocycles. The summed E-state index contributed by atoms with van der Waals surface area (Å²) in [4.78, 5) is 16.4. The fourth-order valence-corrected chi connectivity index (χ4v) is 2.59. The fourth-order valence-electron chi connectivity index (χ4n) is 2.59. The van der Waals surface area contributed by atoms with Crippen LogP contribution in [-0.2, 0) is 4.74 Å². The number of aliphatic imine (C=N–C) groups is 1. The first-order valence-corrected chi connectivity index (χ1v) is 8.51. The van der Waals surface area contributed by atoms with Crippen molar-refractivity contribution in [3.8, 4) is 0 Å². The van der Waals surface area contributed by atoms with Gasteiger partial charge in [0.1, 0.15) is 5.82 Å². The van der Waals surface area contributed by atoms with Crippen molar-refractivity contribution in [3.05, 3.63) is 59.7 Å². The smallest absolute Gasteiger partial charge is 0.280 e. The highest BCUT2D eigenvalue weighted by Gasteiger charge is 2.14. The van der Waals surface area contributed by atoms with E-state index >= 15 is 0 Å². The summed E-state index contributed by atoms with van der Waals surface area (Å²) >= 11 is 0. The second-order valence-electron chi connectivity index (χ2n) is 6.14. The van der Waals surface area contributed by atoms with Crippen molar-refractivity contribution < 1.29 is 18.3 Å². The Hall–Kier alpha value is -3.33. The van der Waals surface area contributed by atoms with E-state index in [2.05, 4.69) is 25.8 Å². The third-order valence-electron chi connectivity index (χ3n) is 3.88. The van der Waals surface area contributed by atoms with Crippen LogP contribution in [0.25, 0.3) is 10.9 Å². The number of rotatable bonds is 5. The molecule has 0 saturated heterocycles. The minimum absolute atomic E-state index is 0.0751. The largest absolute Gasteiger partial charge is 0.383 e. The Kier molecular flexibility index (Phi) is 5.95. The summed E-state index contributed by atoms with van der Waals surface area (Å²) in [5.41, 5.74) is 0.662. The number of anilines is 1. The van der Waals surface area contributed by atoms with E-state index in [9.17, 15) is 13.6 Å². The summed E-state index contributed by atoms with van der Waals surface area (Å²) in [6, 6.07) is 10.1. The molecule has 146 valence electrons. The molecule has 1 atom stereocenters. The number of benzene rings is 2. The van der Waals surface area contributed by atoms with Crippen molar-refractivity contribution >= 4 is 28.6 Å². The van der Waals surface area contributed by atoms with Crippen LogP contribution in [-0.4, -0.2) is 41.8 Å². The molecule has 0 aliphatic carbocycles. The number of aromatic nitrogens is 2. The van der Waals surface area contributed by atoms with E-state index in [4.69, 9.17) is 4.74 Å². The van der Waals surface area contributed by atoms with Crippen molar-refractivity contribution in [2.45, 2.75) is 13.0 Å². The molecule has 0 saturated carbocycles. The van der Waals surface area contributed by atoms with Crippen LogP contribution in [0.3, 0.4) is 0 Å². The lowest BCUT2D eigenvalue weighted by molar-refractivity contribution is 0.100. The monoisotopic (exact) mass is 387 g/mol. The highest BCUT2D eigenvalue weighted by atomic mass is 19.2. The van der Waals surface area contributed by atoms with Gasteiger partial charge in [-0.15, -0.1) is 0 Å². The van der Waals surface area contributed by atoms with Crippen molar-refractivity contribution in [3.63, 3.8) is 0 Å². The highest BCUT2D eigenvalue weighted by molar-refractivity contribution is 6.08. The highest BCUT2D eigenvalue weighted by Crippen LogP contribution is 2.19. The molecule has 3 aromatic rings. The molecule has 0 fully saturated rings. The number of para-hydroxylation sites is 1. The quantitative estimate of drug-likeness (QED) is 0.462. The predicted molar refractivity (Wildman–Crippen MR) is 102 cm³/mol. The first kappa shape index (κ1) is 19.4. The van der Waals surface area contributed by atoms with E-state index in [1.54, 1.807) is 7.11 Å². The number of hydrogen-bond donors (Lipinski definition) is 3. The zero-order valence-electron chi connectivity index (χ0n) is 15.3. The van der Waals surface area contributed by atoms with Gasteiger partial charge in [0.05, 0.1) is 12.1 Å². The summed E-state index contributed by atoms with van der Waals surface area (Å²) < 4.78 is 31.6. The molecule has 7 nitrogen and oxygen atoms in total. The van der Waals surface area contributed by atoms with Gasteiger partial charge in [-0.2, -0.15) is 10.1 Å². The molecule has 2 aromatic carbocycles. The standard InChI is InChI=1S/C19H19F2N5O2/c1-11(10-28-2)22-19(23-17-13-5-3-4-6-16(13)25-26-17)24-18(27)12-7-8-14(20)15(21)9-12/h3-9,11H,10H2,1-2H3,(H3,22,23,24,25,26,27)/t11-/m0/s1. The number of carbonyl (C=O) groups excluding carboxylic acids is 1. The second kappa shape index (κ2) is 8.57. The van der Waals surface area contributed by atoms with E-state index in [1.807, 2.05) is 31.2 Å². The summed E-state index contributed by atoms with van der Waals surface area (Å²) in [6.07, 6.45) is 0. The van der Waals surface area contributed by atoms with Crippen molar-refractivity contribution in [2.24, 2.45) is 4.99 Å². The van der Waals surface area contributed by atoms with Crippen LogP contribution in [0.4, 0.5) is 14.6 Å². The molecule has 3 rings (SSSR count). The number of halogens is 2. The first-order valence-electron chi connectivity index (χ1n) is 8.51. The Labute approximate surface area is 159 Å². The van der Waals surface area contributed by atoms with Crippen molar-refractivity contribution in [1.82, 2.24) is 15.5 Å². The van der Waals surface area contributed by atoms with Gasteiger partial charge >= 0.3 is 0 Å². The molecule has 1 amide bonds. The Bertz CT molecular complexity index is 1020. The van der Waals surface area contributed by atoms with E-state index in [0.29, 0.717) is 12.4 Å². The van der Waals surface area contributed by atoms with Crippen LogP contribution in [0, 0.1) is 11.6 Å². The zero-order valence-corrected chi connectivity index (χ0v) is 15.3. The lowest BCUT2D eigenvalue weighted by Crippen LogP contribution is -2.40. The number of hydrogen-bond acceptors (Lipinski definition) is 3. The van der Waals surface area contributed by atoms with Gasteiger partial charge < -0.3 is 15.4 Å². The lowest BCUT2D eigenvalue weighted by atomic mass is 10.2. The minimum Gasteiger partial charge on any atom is -0.383 e. The SMILES string of the molecule is COC[C@H](C)N/C(=N/C(=O)c1ccc(F)c(F)c1)Nc1[nH]nc2ccccc12. The number of amides is 1. The van der Waals surface area contributed by atoms with Gasteiger partial charge in [0.15, 0.2) is 11.6 Å². The number of carbonyl (C=O) groups is 1. The summed E-state index contributed by atoms with van der Waals surface area (Å²) in [5.74, 6) is -2.23. The van der Waals surface area contributed by atoms with E-state index < -0.39 is 17.5 Å². The molecule has 0 radical (unpaired) electrons. The van der Waals surface area contributed by atoms with Gasteiger partial charge in [-0.05, 0) is 37.3 Å². The Morgan fingerprint density at radius 2 is 2.04 bits per heavy atom. The molecular formula is C19H19F2N5O2. The summed E-state index contributed by atoms with van der Waals surface area (Å²) in [6.45, 7) is 2.21. The number of nitrogens with zero attached hydrogens (tertiary/aromatic N) is 2. The number of guanidine groups is 1. The number of methoxy groups -OCH3 is 1. The Morgan fingerprint density at radius 3 is 2.79 bits per heavy atom. The van der Waals surface area contributed by atoms with Gasteiger partial charge in [0.25, 0.3) is 5.91 Å². The topological polar surface area (TPSA) is 91.4 Å². The van der Waals surface area contributed by atoms with Crippen LogP contribution in [0.5, 0.6) is 0 Å². The minimum atomic E-state index is -1.11. The maximum absolute atomic E-state index is 13.4. The van der Waals surface area contributed by atoms with Crippen LogP contribution < -0.4 is 10.6 Å². The van der Waals surface area contributed by atoms with E-state index in [1.165, 1.54) is 6.07 Å². The molecule has 0 bridgehead atoms. The van der Waals surface area contributed by atoms with E-state index in [-0.39, 0.29) is 17.6 Å². The molecular weight excluding hydrogens is 368 g/mol. The molecule has 0 unspecified atom stereocenters. The average Bonchev–Trinajstić information content (AvgIpc) is 3.07. The normalized spacial score (nSPS) is 12.8. The van der Waals surface area contributed by atoms with Crippen molar-refractivity contribution in [1.29, 1.82) is 0 Å². The molecule has 0 spiro atoms.